The van der Waals surface area contributed by atoms with Gasteiger partial charge >= 0.3 is 12.1 Å². The molecule has 236 valence electrons. The van der Waals surface area contributed by atoms with E-state index >= 15 is 8.78 Å². The summed E-state index contributed by atoms with van der Waals surface area (Å²) in [6, 6.07) is 0.525. The molecule has 2 N–H and O–H groups in total. The Hall–Kier alpha value is -4.11. The van der Waals surface area contributed by atoms with Crippen molar-refractivity contribution in [3.8, 4) is 23.0 Å². The van der Waals surface area contributed by atoms with Gasteiger partial charge in [-0.2, -0.15) is 15.1 Å². The number of amides is 1. The number of ether oxygens (including phenoxy) is 3. The third-order valence-electron chi connectivity index (χ3n) is 9.18. The lowest BCUT2D eigenvalue weighted by atomic mass is 9.95. The van der Waals surface area contributed by atoms with E-state index in [1.165, 1.54) is 12.4 Å². The van der Waals surface area contributed by atoms with Crippen LogP contribution >= 0.6 is 11.6 Å². The molecule has 45 heavy (non-hydrogen) atoms. The maximum absolute atomic E-state index is 16.8. The summed E-state index contributed by atoms with van der Waals surface area (Å²) in [4.78, 5) is 29.7. The highest BCUT2D eigenvalue weighted by Gasteiger charge is 2.49. The number of hydrogen-bond donors (Lipinski definition) is 2. The van der Waals surface area contributed by atoms with Gasteiger partial charge in [0.25, 0.3) is 0 Å². The molecule has 0 radical (unpaired) electrons. The van der Waals surface area contributed by atoms with Gasteiger partial charge in [0.2, 0.25) is 0 Å². The normalized spacial score (nSPS) is 26.7. The minimum atomic E-state index is -1.47. The molecule has 1 amide bonds. The van der Waals surface area contributed by atoms with Crippen molar-refractivity contribution in [1.29, 1.82) is 0 Å². The number of alkyl halides is 2. The first-order valence-corrected chi connectivity index (χ1v) is 15.2. The van der Waals surface area contributed by atoms with Crippen molar-refractivity contribution in [2.45, 2.75) is 43.2 Å². The molecule has 9 rings (SSSR count). The number of fused-ring (bicyclic) bond motifs is 8. The molecule has 0 aliphatic carbocycles. The summed E-state index contributed by atoms with van der Waals surface area (Å²) in [6.07, 6.45) is 1.67. The Morgan fingerprint density at radius 1 is 1.13 bits per heavy atom. The Balaban J connectivity index is 1.29. The van der Waals surface area contributed by atoms with Crippen LogP contribution in [0.15, 0.2) is 18.5 Å². The Morgan fingerprint density at radius 2 is 2.00 bits per heavy atom. The summed E-state index contributed by atoms with van der Waals surface area (Å²) in [7, 11) is 0. The number of halogens is 4. The predicted octanol–water partition coefficient (Wildman–Crippen LogP) is 3.96. The number of carbonyl (C=O) groups excluding carboxylic acids is 1. The van der Waals surface area contributed by atoms with E-state index in [4.69, 9.17) is 25.8 Å². The first kappa shape index (κ1) is 28.4. The molecule has 16 heteroatoms. The molecule has 6 bridgehead atoms. The SMILES string of the molecule is O=C1N[C@H]2CN(C[C@H]2F)c2nc(OC[C@@]34CCCN3C[C@H](F)C4)nc3c(F)c(ncc23)-c2c(c(Cl)cc3[nH]ncc23)OCCO1. The number of aromatic amines is 1. The molecule has 12 nitrogen and oxygen atoms in total. The highest BCUT2D eigenvalue weighted by atomic mass is 35.5. The van der Waals surface area contributed by atoms with E-state index in [0.29, 0.717) is 23.9 Å². The van der Waals surface area contributed by atoms with Gasteiger partial charge in [-0.25, -0.2) is 18.0 Å². The van der Waals surface area contributed by atoms with Crippen LogP contribution in [0.1, 0.15) is 19.3 Å². The number of rotatable bonds is 3. The first-order chi connectivity index (χ1) is 21.8. The molecule has 0 spiro atoms. The molecule has 5 aliphatic heterocycles. The molecule has 0 saturated carbocycles. The number of nitrogens with zero attached hydrogens (tertiary/aromatic N) is 6. The van der Waals surface area contributed by atoms with Crippen LogP contribution in [-0.2, 0) is 4.74 Å². The minimum absolute atomic E-state index is 0.0248. The van der Waals surface area contributed by atoms with Crippen LogP contribution in [0.5, 0.6) is 11.8 Å². The maximum Gasteiger partial charge on any atom is 0.407 e. The van der Waals surface area contributed by atoms with E-state index in [1.807, 2.05) is 0 Å². The number of anilines is 1. The van der Waals surface area contributed by atoms with Gasteiger partial charge < -0.3 is 24.4 Å². The average molecular weight is 645 g/mol. The van der Waals surface area contributed by atoms with Crippen molar-refractivity contribution in [2.24, 2.45) is 0 Å². The van der Waals surface area contributed by atoms with Gasteiger partial charge in [-0.1, -0.05) is 11.6 Å². The quantitative estimate of drug-likeness (QED) is 0.338. The zero-order valence-electron chi connectivity index (χ0n) is 23.9. The van der Waals surface area contributed by atoms with Crippen molar-refractivity contribution in [3.05, 3.63) is 29.3 Å². The lowest BCUT2D eigenvalue weighted by Gasteiger charge is -2.31. The summed E-state index contributed by atoms with van der Waals surface area (Å²) in [5.74, 6) is -0.509. The molecule has 4 aromatic rings. The molecular formula is C29H28ClF3N8O4. The van der Waals surface area contributed by atoms with Crippen LogP contribution < -0.4 is 19.7 Å². The Bertz CT molecular complexity index is 1830. The highest BCUT2D eigenvalue weighted by molar-refractivity contribution is 6.33. The molecule has 3 fully saturated rings. The number of pyridine rings is 1. The molecule has 4 atom stereocenters. The van der Waals surface area contributed by atoms with Crippen molar-refractivity contribution >= 4 is 45.3 Å². The van der Waals surface area contributed by atoms with Crippen LogP contribution in [0.25, 0.3) is 33.1 Å². The summed E-state index contributed by atoms with van der Waals surface area (Å²) >= 11 is 6.59. The zero-order chi connectivity index (χ0) is 30.9. The van der Waals surface area contributed by atoms with Gasteiger partial charge in [0, 0.05) is 31.1 Å². The van der Waals surface area contributed by atoms with Crippen LogP contribution in [-0.4, -0.2) is 106 Å². The van der Waals surface area contributed by atoms with Crippen LogP contribution in [0.3, 0.4) is 0 Å². The van der Waals surface area contributed by atoms with Gasteiger partial charge in [0.1, 0.15) is 54.9 Å². The molecule has 3 saturated heterocycles. The van der Waals surface area contributed by atoms with E-state index in [2.05, 4.69) is 35.4 Å². The Labute approximate surface area is 259 Å². The number of hydrogen-bond acceptors (Lipinski definition) is 10. The van der Waals surface area contributed by atoms with Crippen molar-refractivity contribution in [2.75, 3.05) is 50.9 Å². The van der Waals surface area contributed by atoms with E-state index in [1.54, 1.807) is 11.0 Å². The molecule has 3 aromatic heterocycles. The van der Waals surface area contributed by atoms with Crippen molar-refractivity contribution in [1.82, 2.24) is 35.4 Å². The third-order valence-corrected chi connectivity index (χ3v) is 9.46. The standard InChI is InChI=1S/C29H28ClF3N8O4/c30-17-6-19-15(9-35-39-19)21-24-22(33)23-16(8-34-24)26(38-27(37-23)45-13-29-2-1-3-41(29)10-14(31)7-29)40-11-18(32)20(12-40)36-28(42)44-5-4-43-25(17)21/h6,8-9,14,18,20H,1-5,7,10-13H2,(H,35,39)(H,36,42)/t14-,18-,20+,29+/m1/s1. The number of benzene rings is 1. The fourth-order valence-electron chi connectivity index (χ4n) is 7.11. The smallest absolute Gasteiger partial charge is 0.407 e. The molecular weight excluding hydrogens is 617 g/mol. The van der Waals surface area contributed by atoms with Gasteiger partial charge in [0.05, 0.1) is 45.8 Å². The second-order valence-corrected chi connectivity index (χ2v) is 12.3. The zero-order valence-corrected chi connectivity index (χ0v) is 24.6. The third kappa shape index (κ3) is 4.74. The van der Waals surface area contributed by atoms with Gasteiger partial charge in [-0.15, -0.1) is 0 Å². The second-order valence-electron chi connectivity index (χ2n) is 11.9. The van der Waals surface area contributed by atoms with Gasteiger partial charge in [0.15, 0.2) is 5.82 Å². The summed E-state index contributed by atoms with van der Waals surface area (Å²) in [6.45, 7) is 0.796. The fourth-order valence-corrected chi connectivity index (χ4v) is 7.37. The van der Waals surface area contributed by atoms with Crippen LogP contribution in [0.4, 0.5) is 23.8 Å². The summed E-state index contributed by atoms with van der Waals surface area (Å²) in [5.41, 5.74) is 0.000667. The van der Waals surface area contributed by atoms with Gasteiger partial charge in [-0.05, 0) is 25.5 Å². The molecule has 1 aromatic carbocycles. The Kier molecular flexibility index (Phi) is 6.78. The van der Waals surface area contributed by atoms with Gasteiger partial charge in [-0.3, -0.25) is 15.0 Å². The number of alkyl carbamates (subject to hydrolysis) is 1. The lowest BCUT2D eigenvalue weighted by molar-refractivity contribution is 0.107. The van der Waals surface area contributed by atoms with Crippen LogP contribution in [0, 0.1) is 5.82 Å². The topological polar surface area (TPSA) is 131 Å². The van der Waals surface area contributed by atoms with E-state index in [0.717, 1.165) is 19.4 Å². The first-order valence-electron chi connectivity index (χ1n) is 14.8. The highest BCUT2D eigenvalue weighted by Crippen LogP contribution is 2.44. The predicted molar refractivity (Wildman–Crippen MR) is 157 cm³/mol. The number of nitrogens with one attached hydrogen (secondary N) is 2. The van der Waals surface area contributed by atoms with Crippen molar-refractivity contribution in [3.63, 3.8) is 0 Å². The maximum atomic E-state index is 16.8. The molecule has 0 unspecified atom stereocenters. The summed E-state index contributed by atoms with van der Waals surface area (Å²) in [5, 5.41) is 10.3. The number of aromatic nitrogens is 5. The largest absolute Gasteiger partial charge is 0.488 e. The van der Waals surface area contributed by atoms with E-state index in [9.17, 15) is 9.18 Å². The molecule has 8 heterocycles. The average Bonchev–Trinajstić information content (AvgIpc) is 3.78. The second kappa shape index (κ2) is 10.8. The van der Waals surface area contributed by atoms with Crippen LogP contribution in [0.2, 0.25) is 5.02 Å². The van der Waals surface area contributed by atoms with E-state index in [-0.39, 0.29) is 77.7 Å². The van der Waals surface area contributed by atoms with Crippen molar-refractivity contribution < 1.29 is 32.2 Å². The molecule has 5 aliphatic rings. The summed E-state index contributed by atoms with van der Waals surface area (Å²) < 4.78 is 63.7. The van der Waals surface area contributed by atoms with E-state index < -0.39 is 35.8 Å². The fraction of sp³-hybridized carbons (Fsp3) is 0.483. The lowest BCUT2D eigenvalue weighted by Crippen LogP contribution is -2.43. The number of H-pyrrole nitrogens is 1. The number of carbonyl (C=O) groups is 1. The minimum Gasteiger partial charge on any atom is -0.488 e. The monoisotopic (exact) mass is 644 g/mol. The Morgan fingerprint density at radius 3 is 2.89 bits per heavy atom.